The molecule has 0 heterocycles. The smallest absolute Gasteiger partial charge is 0.312 e. The van der Waals surface area contributed by atoms with Crippen LogP contribution in [0.15, 0.2) is 30.4 Å². The maximum atomic E-state index is 12.6. The largest absolute Gasteiger partial charge is 0.469 e. The number of aryl methyl sites for hydroxylation is 1. The number of ether oxygens (including phenoxy) is 1. The van der Waals surface area contributed by atoms with Crippen molar-refractivity contribution in [2.24, 2.45) is 40.9 Å². The predicted molar refractivity (Wildman–Crippen MR) is 133 cm³/mol. The number of hydrogen-bond donors (Lipinski definition) is 0. The third-order valence-electron chi connectivity index (χ3n) is 10.1. The van der Waals surface area contributed by atoms with Crippen LogP contribution in [-0.2, 0) is 16.0 Å². The SMILES string of the molecule is C=C(C(C)C)[C@H](C[C@@H](C)[C@H]1CC[C@H]2[C@@H]3CCc4c(C)cccc4[C@H]3CC[C@]12C)C(=O)OC. The zero-order chi connectivity index (χ0) is 23.2. The van der Waals surface area contributed by atoms with E-state index in [0.717, 1.165) is 29.7 Å². The highest BCUT2D eigenvalue weighted by Crippen LogP contribution is 2.64. The second-order valence-electron chi connectivity index (χ2n) is 11.8. The molecule has 3 aliphatic carbocycles. The molecule has 0 amide bonds. The van der Waals surface area contributed by atoms with Gasteiger partial charge in [0.1, 0.15) is 0 Å². The average molecular weight is 437 g/mol. The quantitative estimate of drug-likeness (QED) is 0.341. The second kappa shape index (κ2) is 8.99. The zero-order valence-electron chi connectivity index (χ0n) is 21.2. The van der Waals surface area contributed by atoms with Crippen molar-refractivity contribution in [3.63, 3.8) is 0 Å². The number of carbonyl (C=O) groups excluding carboxylic acids is 1. The highest BCUT2D eigenvalue weighted by atomic mass is 16.5. The van der Waals surface area contributed by atoms with Gasteiger partial charge in [-0.1, -0.05) is 58.0 Å². The van der Waals surface area contributed by atoms with Crippen LogP contribution in [0.1, 0.15) is 88.8 Å². The van der Waals surface area contributed by atoms with Crippen LogP contribution >= 0.6 is 0 Å². The van der Waals surface area contributed by atoms with E-state index in [-0.39, 0.29) is 11.9 Å². The monoisotopic (exact) mass is 436 g/mol. The Labute approximate surface area is 196 Å². The summed E-state index contributed by atoms with van der Waals surface area (Å²) in [5, 5.41) is 0. The number of rotatable bonds is 6. The van der Waals surface area contributed by atoms with Crippen LogP contribution in [-0.4, -0.2) is 13.1 Å². The lowest BCUT2D eigenvalue weighted by Crippen LogP contribution is -2.44. The molecular formula is C30H44O2. The van der Waals surface area contributed by atoms with E-state index < -0.39 is 0 Å². The topological polar surface area (TPSA) is 26.3 Å². The minimum absolute atomic E-state index is 0.0989. The molecule has 0 saturated heterocycles. The van der Waals surface area contributed by atoms with Crippen LogP contribution in [0.5, 0.6) is 0 Å². The van der Waals surface area contributed by atoms with E-state index in [9.17, 15) is 4.79 Å². The summed E-state index contributed by atoms with van der Waals surface area (Å²) >= 11 is 0. The van der Waals surface area contributed by atoms with Crippen LogP contribution in [0.2, 0.25) is 0 Å². The first-order valence-corrected chi connectivity index (χ1v) is 13.0. The molecule has 2 nitrogen and oxygen atoms in total. The molecule has 1 aromatic carbocycles. The number of carbonyl (C=O) groups is 1. The summed E-state index contributed by atoms with van der Waals surface area (Å²) in [7, 11) is 1.52. The lowest BCUT2D eigenvalue weighted by Gasteiger charge is -2.52. The number of fused-ring (bicyclic) bond motifs is 5. The average Bonchev–Trinajstić information content (AvgIpc) is 3.13. The summed E-state index contributed by atoms with van der Waals surface area (Å²) < 4.78 is 5.19. The Morgan fingerprint density at radius 1 is 1.19 bits per heavy atom. The van der Waals surface area contributed by atoms with Crippen molar-refractivity contribution in [1.82, 2.24) is 0 Å². The highest BCUT2D eigenvalue weighted by molar-refractivity contribution is 5.75. The lowest BCUT2D eigenvalue weighted by atomic mass is 9.52. The van der Waals surface area contributed by atoms with Gasteiger partial charge in [-0.25, -0.2) is 0 Å². The van der Waals surface area contributed by atoms with Gasteiger partial charge >= 0.3 is 5.97 Å². The first-order valence-electron chi connectivity index (χ1n) is 13.0. The molecule has 7 atom stereocenters. The Morgan fingerprint density at radius 3 is 2.62 bits per heavy atom. The van der Waals surface area contributed by atoms with Crippen molar-refractivity contribution in [2.75, 3.05) is 7.11 Å². The molecule has 0 unspecified atom stereocenters. The van der Waals surface area contributed by atoms with Crippen LogP contribution in [0, 0.1) is 47.8 Å². The Bertz CT molecular complexity index is 868. The minimum Gasteiger partial charge on any atom is -0.469 e. The predicted octanol–water partition coefficient (Wildman–Crippen LogP) is 7.49. The first-order chi connectivity index (χ1) is 15.2. The highest BCUT2D eigenvalue weighted by Gasteiger charge is 2.55. The van der Waals surface area contributed by atoms with Crippen molar-refractivity contribution in [3.8, 4) is 0 Å². The number of benzene rings is 1. The van der Waals surface area contributed by atoms with Gasteiger partial charge in [-0.3, -0.25) is 4.79 Å². The summed E-state index contributed by atoms with van der Waals surface area (Å²) in [5.41, 5.74) is 6.24. The normalized spacial score (nSPS) is 33.1. The molecule has 0 radical (unpaired) electrons. The summed E-state index contributed by atoms with van der Waals surface area (Å²) in [6.07, 6.45) is 8.84. The molecule has 0 spiro atoms. The molecule has 2 heteroatoms. The maximum absolute atomic E-state index is 12.6. The van der Waals surface area contributed by atoms with Crippen molar-refractivity contribution in [1.29, 1.82) is 0 Å². The van der Waals surface area contributed by atoms with Crippen LogP contribution < -0.4 is 0 Å². The Hall–Kier alpha value is -1.57. The van der Waals surface area contributed by atoms with E-state index in [1.165, 1.54) is 51.2 Å². The first kappa shape index (κ1) is 23.6. The third kappa shape index (κ3) is 3.86. The van der Waals surface area contributed by atoms with Gasteiger partial charge in [0.05, 0.1) is 13.0 Å². The van der Waals surface area contributed by atoms with Gasteiger partial charge in [-0.05, 0) is 109 Å². The molecule has 1 aromatic rings. The summed E-state index contributed by atoms with van der Waals surface area (Å²) in [6.45, 7) is 15.8. The number of esters is 1. The van der Waals surface area contributed by atoms with Gasteiger partial charge in [0, 0.05) is 0 Å². The number of methoxy groups -OCH3 is 1. The minimum atomic E-state index is -0.168. The van der Waals surface area contributed by atoms with E-state index in [1.54, 1.807) is 11.1 Å². The fourth-order valence-electron chi connectivity index (χ4n) is 8.26. The molecule has 0 bridgehead atoms. The molecule has 32 heavy (non-hydrogen) atoms. The molecule has 0 N–H and O–H groups in total. The number of hydrogen-bond acceptors (Lipinski definition) is 2. The van der Waals surface area contributed by atoms with E-state index in [1.807, 2.05) is 0 Å². The van der Waals surface area contributed by atoms with Gasteiger partial charge in [-0.15, -0.1) is 0 Å². The molecule has 3 aliphatic rings. The van der Waals surface area contributed by atoms with Gasteiger partial charge < -0.3 is 4.74 Å². The fourth-order valence-corrected chi connectivity index (χ4v) is 8.26. The van der Waals surface area contributed by atoms with Gasteiger partial charge in [-0.2, -0.15) is 0 Å². The zero-order valence-corrected chi connectivity index (χ0v) is 21.2. The Kier molecular flexibility index (Phi) is 6.63. The molecule has 2 fully saturated rings. The van der Waals surface area contributed by atoms with E-state index in [4.69, 9.17) is 4.74 Å². The maximum Gasteiger partial charge on any atom is 0.312 e. The molecule has 0 aromatic heterocycles. The van der Waals surface area contributed by atoms with Crippen LogP contribution in [0.3, 0.4) is 0 Å². The van der Waals surface area contributed by atoms with Crippen LogP contribution in [0.25, 0.3) is 0 Å². The van der Waals surface area contributed by atoms with E-state index in [0.29, 0.717) is 23.2 Å². The molecule has 176 valence electrons. The van der Waals surface area contributed by atoms with Gasteiger partial charge in [0.25, 0.3) is 0 Å². The fraction of sp³-hybridized carbons (Fsp3) is 0.700. The summed E-state index contributed by atoms with van der Waals surface area (Å²) in [6, 6.07) is 7.00. The van der Waals surface area contributed by atoms with Gasteiger partial charge in [0.2, 0.25) is 0 Å². The Balaban J connectivity index is 1.53. The van der Waals surface area contributed by atoms with E-state index in [2.05, 4.69) is 59.4 Å². The van der Waals surface area contributed by atoms with Gasteiger partial charge in [0.15, 0.2) is 0 Å². The second-order valence-corrected chi connectivity index (χ2v) is 11.8. The van der Waals surface area contributed by atoms with Crippen molar-refractivity contribution in [3.05, 3.63) is 47.0 Å². The van der Waals surface area contributed by atoms with Crippen molar-refractivity contribution in [2.45, 2.75) is 85.5 Å². The molecule has 4 rings (SSSR count). The third-order valence-corrected chi connectivity index (χ3v) is 10.1. The molecule has 0 aliphatic heterocycles. The van der Waals surface area contributed by atoms with Crippen LogP contribution in [0.4, 0.5) is 0 Å². The summed E-state index contributed by atoms with van der Waals surface area (Å²) in [4.78, 5) is 12.6. The molecular weight excluding hydrogens is 392 g/mol. The standard InChI is InChI=1S/C30H44O2/c1-18(2)21(5)26(29(31)32-7)17-20(4)27-13-14-28-25-12-11-22-19(3)9-8-10-23(22)24(25)15-16-30(27,28)6/h8-10,18,20,24-28H,5,11-17H2,1-4,6-7H3/t20-,24-,25-,26+,27-,28+,30-/m1/s1. The molecule has 2 saturated carbocycles. The van der Waals surface area contributed by atoms with Crippen molar-refractivity contribution < 1.29 is 9.53 Å². The summed E-state index contributed by atoms with van der Waals surface area (Å²) in [5.74, 6) is 3.67. The van der Waals surface area contributed by atoms with E-state index >= 15 is 0 Å². The lowest BCUT2D eigenvalue weighted by molar-refractivity contribution is -0.145. The van der Waals surface area contributed by atoms with Crippen molar-refractivity contribution >= 4 is 5.97 Å². The Morgan fingerprint density at radius 2 is 1.94 bits per heavy atom.